The first kappa shape index (κ1) is 7.71. The normalized spacial score (nSPS) is 22.2. The van der Waals surface area contributed by atoms with E-state index in [2.05, 4.69) is 25.2 Å². The number of aryl methyl sites for hydroxylation is 1. The lowest BCUT2D eigenvalue weighted by atomic mass is 9.97. The number of nitrogens with zero attached hydrogens (tertiary/aromatic N) is 4. The van der Waals surface area contributed by atoms with Crippen molar-refractivity contribution in [2.24, 2.45) is 16.1 Å². The highest BCUT2D eigenvalue weighted by Gasteiger charge is 2.26. The fourth-order valence-electron chi connectivity index (χ4n) is 1.28. The van der Waals surface area contributed by atoms with Gasteiger partial charge in [0.1, 0.15) is 17.1 Å². The van der Waals surface area contributed by atoms with Crippen LogP contribution in [-0.4, -0.2) is 26.9 Å². The standard InChI is InChI=1S/C6H7N5O2/c7-8-5-3(9-12)1-2-4-6(5)11-13-10-4/h12H,1-2,7H2/b8-5-,9-3-. The molecule has 7 nitrogen and oxygen atoms in total. The van der Waals surface area contributed by atoms with Gasteiger partial charge in [-0.05, 0) is 5.16 Å². The SMILES string of the molecule is N/N=C1/C(=N\O)CCc2nonc21. The molecule has 1 aromatic heterocycles. The van der Waals surface area contributed by atoms with Gasteiger partial charge >= 0.3 is 0 Å². The van der Waals surface area contributed by atoms with Crippen molar-refractivity contribution in [3.8, 4) is 0 Å². The number of oxime groups is 1. The summed E-state index contributed by atoms with van der Waals surface area (Å²) in [4.78, 5) is 0. The van der Waals surface area contributed by atoms with E-state index in [0.717, 1.165) is 0 Å². The Morgan fingerprint density at radius 1 is 1.38 bits per heavy atom. The summed E-state index contributed by atoms with van der Waals surface area (Å²) in [6.07, 6.45) is 1.16. The van der Waals surface area contributed by atoms with Gasteiger partial charge in [-0.1, -0.05) is 10.3 Å². The molecule has 68 valence electrons. The minimum Gasteiger partial charge on any atom is -0.411 e. The number of rotatable bonds is 0. The van der Waals surface area contributed by atoms with Crippen LogP contribution in [0.2, 0.25) is 0 Å². The molecule has 0 atom stereocenters. The molecule has 3 N–H and O–H groups in total. The lowest BCUT2D eigenvalue weighted by Gasteiger charge is -2.09. The van der Waals surface area contributed by atoms with Crippen LogP contribution in [0.1, 0.15) is 17.8 Å². The van der Waals surface area contributed by atoms with Crippen LogP contribution in [0, 0.1) is 0 Å². The number of hydrazone groups is 1. The third-order valence-corrected chi connectivity index (χ3v) is 1.90. The molecular formula is C6H7N5O2. The molecule has 0 saturated carbocycles. The van der Waals surface area contributed by atoms with Crippen LogP contribution in [0.4, 0.5) is 0 Å². The Labute approximate surface area is 72.9 Å². The molecule has 1 aliphatic carbocycles. The van der Waals surface area contributed by atoms with Crippen molar-refractivity contribution in [1.82, 2.24) is 10.3 Å². The maximum atomic E-state index is 8.63. The van der Waals surface area contributed by atoms with Gasteiger partial charge in [-0.25, -0.2) is 4.63 Å². The van der Waals surface area contributed by atoms with E-state index in [9.17, 15) is 0 Å². The molecule has 1 aliphatic rings. The van der Waals surface area contributed by atoms with Gasteiger partial charge in [0.05, 0.1) is 0 Å². The van der Waals surface area contributed by atoms with Crippen molar-refractivity contribution >= 4 is 11.4 Å². The number of hydrogen-bond acceptors (Lipinski definition) is 7. The van der Waals surface area contributed by atoms with Gasteiger partial charge in [-0.3, -0.25) is 0 Å². The Morgan fingerprint density at radius 2 is 2.23 bits per heavy atom. The molecule has 0 spiro atoms. The molecule has 2 rings (SSSR count). The van der Waals surface area contributed by atoms with E-state index in [1.165, 1.54) is 0 Å². The molecule has 0 saturated heterocycles. The molecule has 1 aromatic rings. The Morgan fingerprint density at radius 3 is 2.92 bits per heavy atom. The highest BCUT2D eigenvalue weighted by molar-refractivity contribution is 6.48. The molecule has 0 aliphatic heterocycles. The van der Waals surface area contributed by atoms with E-state index < -0.39 is 0 Å². The molecular weight excluding hydrogens is 174 g/mol. The summed E-state index contributed by atoms with van der Waals surface area (Å²) in [7, 11) is 0. The molecule has 0 unspecified atom stereocenters. The van der Waals surface area contributed by atoms with Gasteiger partial charge in [-0.15, -0.1) is 0 Å². The van der Waals surface area contributed by atoms with Crippen molar-refractivity contribution in [2.45, 2.75) is 12.8 Å². The summed E-state index contributed by atoms with van der Waals surface area (Å²) in [5, 5.41) is 22.5. The average molecular weight is 181 g/mol. The average Bonchev–Trinajstić information content (AvgIpc) is 2.63. The second-order valence-electron chi connectivity index (χ2n) is 2.58. The predicted octanol–water partition coefficient (Wildman–Crippen LogP) is -0.491. The van der Waals surface area contributed by atoms with Gasteiger partial charge in [-0.2, -0.15) is 5.10 Å². The Balaban J connectivity index is 2.53. The molecule has 7 heteroatoms. The minimum atomic E-state index is 0.338. The van der Waals surface area contributed by atoms with Gasteiger partial charge in [0.25, 0.3) is 0 Å². The maximum Gasteiger partial charge on any atom is 0.160 e. The zero-order chi connectivity index (χ0) is 9.26. The van der Waals surface area contributed by atoms with Crippen molar-refractivity contribution in [3.63, 3.8) is 0 Å². The Hall–Kier alpha value is -1.92. The van der Waals surface area contributed by atoms with Crippen molar-refractivity contribution in [3.05, 3.63) is 11.4 Å². The first-order chi connectivity index (χ1) is 6.36. The highest BCUT2D eigenvalue weighted by atomic mass is 16.6. The highest BCUT2D eigenvalue weighted by Crippen LogP contribution is 2.15. The fraction of sp³-hybridized carbons (Fsp3) is 0.333. The minimum absolute atomic E-state index is 0.338. The van der Waals surface area contributed by atoms with Crippen LogP contribution in [0.3, 0.4) is 0 Å². The molecule has 0 bridgehead atoms. The molecule has 0 amide bonds. The molecule has 13 heavy (non-hydrogen) atoms. The van der Waals surface area contributed by atoms with E-state index in [0.29, 0.717) is 35.7 Å². The van der Waals surface area contributed by atoms with Gasteiger partial charge in [0.2, 0.25) is 0 Å². The van der Waals surface area contributed by atoms with E-state index in [4.69, 9.17) is 11.0 Å². The third kappa shape index (κ3) is 1.05. The monoisotopic (exact) mass is 181 g/mol. The van der Waals surface area contributed by atoms with Crippen LogP contribution < -0.4 is 5.84 Å². The Bertz CT molecular complexity index is 380. The van der Waals surface area contributed by atoms with Crippen molar-refractivity contribution < 1.29 is 9.84 Å². The largest absolute Gasteiger partial charge is 0.411 e. The zero-order valence-corrected chi connectivity index (χ0v) is 6.64. The summed E-state index contributed by atoms with van der Waals surface area (Å²) in [6, 6.07) is 0. The smallest absolute Gasteiger partial charge is 0.160 e. The van der Waals surface area contributed by atoms with Crippen molar-refractivity contribution in [1.29, 1.82) is 0 Å². The lowest BCUT2D eigenvalue weighted by Crippen LogP contribution is -2.25. The fourth-order valence-corrected chi connectivity index (χ4v) is 1.28. The summed E-state index contributed by atoms with van der Waals surface area (Å²) in [5.74, 6) is 5.13. The second-order valence-corrected chi connectivity index (χ2v) is 2.58. The topological polar surface area (TPSA) is 110 Å². The first-order valence-corrected chi connectivity index (χ1v) is 3.67. The lowest BCUT2D eigenvalue weighted by molar-refractivity contribution is 0.303. The summed E-state index contributed by atoms with van der Waals surface area (Å²) in [6.45, 7) is 0. The van der Waals surface area contributed by atoms with Crippen LogP contribution in [0.5, 0.6) is 0 Å². The third-order valence-electron chi connectivity index (χ3n) is 1.90. The van der Waals surface area contributed by atoms with Crippen LogP contribution >= 0.6 is 0 Å². The number of hydrogen-bond donors (Lipinski definition) is 2. The second kappa shape index (κ2) is 2.85. The van der Waals surface area contributed by atoms with E-state index in [-0.39, 0.29) is 0 Å². The predicted molar refractivity (Wildman–Crippen MR) is 42.6 cm³/mol. The van der Waals surface area contributed by atoms with Crippen LogP contribution in [0.15, 0.2) is 14.9 Å². The van der Waals surface area contributed by atoms with Gasteiger partial charge in [0, 0.05) is 12.8 Å². The quantitative estimate of drug-likeness (QED) is 0.318. The molecule has 0 radical (unpaired) electrons. The van der Waals surface area contributed by atoms with Gasteiger partial charge < -0.3 is 11.0 Å². The van der Waals surface area contributed by atoms with E-state index in [1.54, 1.807) is 0 Å². The summed E-state index contributed by atoms with van der Waals surface area (Å²) in [5.41, 5.74) is 1.90. The first-order valence-electron chi connectivity index (χ1n) is 3.67. The van der Waals surface area contributed by atoms with Gasteiger partial charge in [0.15, 0.2) is 5.69 Å². The zero-order valence-electron chi connectivity index (χ0n) is 6.64. The molecule has 0 fully saturated rings. The molecule has 1 heterocycles. The maximum absolute atomic E-state index is 8.63. The van der Waals surface area contributed by atoms with E-state index >= 15 is 0 Å². The summed E-state index contributed by atoms with van der Waals surface area (Å²) < 4.78 is 4.52. The number of aromatic nitrogens is 2. The molecule has 0 aromatic carbocycles. The van der Waals surface area contributed by atoms with Crippen LogP contribution in [-0.2, 0) is 6.42 Å². The van der Waals surface area contributed by atoms with E-state index in [1.807, 2.05) is 0 Å². The Kier molecular flexibility index (Phi) is 1.69. The van der Waals surface area contributed by atoms with Crippen molar-refractivity contribution in [2.75, 3.05) is 0 Å². The number of fused-ring (bicyclic) bond motifs is 1. The summed E-state index contributed by atoms with van der Waals surface area (Å²) >= 11 is 0. The number of nitrogens with two attached hydrogens (primary N) is 1. The van der Waals surface area contributed by atoms with Crippen LogP contribution in [0.25, 0.3) is 0 Å².